The normalized spacial score (nSPS) is 11.6. The Balaban J connectivity index is 3.02. The highest BCUT2D eigenvalue weighted by Crippen LogP contribution is 2.08. The van der Waals surface area contributed by atoms with E-state index in [1.54, 1.807) is 0 Å². The highest BCUT2D eigenvalue weighted by Gasteiger charge is 1.96. The molecule has 41 heavy (non-hydrogen) atoms. The summed E-state index contributed by atoms with van der Waals surface area (Å²) in [4.78, 5) is 0. The van der Waals surface area contributed by atoms with E-state index in [-0.39, 0.29) is 0 Å². The monoisotopic (exact) mass is 708 g/mol. The van der Waals surface area contributed by atoms with Crippen LogP contribution in [0.5, 0.6) is 0 Å². The van der Waals surface area contributed by atoms with E-state index >= 15 is 0 Å². The maximum absolute atomic E-state index is 5.62. The summed E-state index contributed by atoms with van der Waals surface area (Å²) in [6, 6.07) is 0. The van der Waals surface area contributed by atoms with Crippen molar-refractivity contribution in [2.45, 2.75) is 58.3 Å². The van der Waals surface area contributed by atoms with Crippen molar-refractivity contribution in [3.05, 3.63) is 0 Å². The van der Waals surface area contributed by atoms with Gasteiger partial charge in [0.25, 0.3) is 0 Å². The van der Waals surface area contributed by atoms with Crippen LogP contribution in [0, 0.1) is 0 Å². The first kappa shape index (κ1) is 41.3. The molecule has 0 fully saturated rings. The van der Waals surface area contributed by atoms with Gasteiger partial charge in [0.05, 0.1) is 126 Å². The van der Waals surface area contributed by atoms with Gasteiger partial charge in [0.2, 0.25) is 0 Å². The fraction of sp³-hybridized carbons (Fsp3) is 1.00. The zero-order valence-corrected chi connectivity index (χ0v) is 28.1. The topological polar surface area (TPSA) is 92.3 Å². The average molecular weight is 709 g/mol. The third-order valence-corrected chi connectivity index (χ3v) is 6.15. The van der Waals surface area contributed by atoms with Crippen LogP contribution in [0.15, 0.2) is 0 Å². The highest BCUT2D eigenvalue weighted by molar-refractivity contribution is 14.1. The summed E-state index contributed by atoms with van der Waals surface area (Å²) in [7, 11) is 0. The summed E-state index contributed by atoms with van der Waals surface area (Å²) in [5.41, 5.74) is 0. The molecule has 0 aromatic heterocycles. The third-order valence-electron chi connectivity index (χ3n) is 5.71. The molecule has 0 atom stereocenters. The lowest BCUT2D eigenvalue weighted by Gasteiger charge is -2.09. The van der Waals surface area contributed by atoms with E-state index in [1.807, 2.05) is 0 Å². The van der Waals surface area contributed by atoms with Gasteiger partial charge in [-0.1, -0.05) is 74.5 Å². The molecule has 0 N–H and O–H groups in total. The Morgan fingerprint density at radius 1 is 0.268 bits per heavy atom. The average Bonchev–Trinajstić information content (AvgIpc) is 2.98. The van der Waals surface area contributed by atoms with Crippen molar-refractivity contribution in [1.82, 2.24) is 0 Å². The van der Waals surface area contributed by atoms with Gasteiger partial charge in [-0.3, -0.25) is 0 Å². The summed E-state index contributed by atoms with van der Waals surface area (Å²) in [5.74, 6) is 0. The molecule has 0 spiro atoms. The zero-order chi connectivity index (χ0) is 29.6. The molecule has 0 aromatic carbocycles. The molecule has 0 amide bonds. The molecule has 0 unspecified atom stereocenters. The Bertz CT molecular complexity index is 413. The minimum absolute atomic E-state index is 0.534. The van der Waals surface area contributed by atoms with Crippen molar-refractivity contribution >= 4 is 22.6 Å². The maximum atomic E-state index is 5.62. The quantitative estimate of drug-likeness (QED) is 0.0510. The van der Waals surface area contributed by atoms with E-state index in [9.17, 15) is 0 Å². The smallest absolute Gasteiger partial charge is 0.0701 e. The van der Waals surface area contributed by atoms with Crippen LogP contribution < -0.4 is 0 Å². The van der Waals surface area contributed by atoms with Gasteiger partial charge in [-0.15, -0.1) is 0 Å². The number of alkyl halides is 1. The fourth-order valence-corrected chi connectivity index (χ4v) is 3.79. The second kappa shape index (κ2) is 40.3. The second-order valence-electron chi connectivity index (χ2n) is 9.29. The van der Waals surface area contributed by atoms with Crippen molar-refractivity contribution in [3.63, 3.8) is 0 Å². The van der Waals surface area contributed by atoms with Gasteiger partial charge in [-0.25, -0.2) is 0 Å². The molecule has 248 valence electrons. The molecule has 0 saturated heterocycles. The molecule has 10 nitrogen and oxygen atoms in total. The molecule has 0 radical (unpaired) electrons. The van der Waals surface area contributed by atoms with E-state index in [0.29, 0.717) is 119 Å². The fourth-order valence-electron chi connectivity index (χ4n) is 3.47. The van der Waals surface area contributed by atoms with Gasteiger partial charge in [0.1, 0.15) is 0 Å². The summed E-state index contributed by atoms with van der Waals surface area (Å²) in [6.45, 7) is 14.0. The Hall–Kier alpha value is 0.330. The van der Waals surface area contributed by atoms with Crippen LogP contribution in [0.25, 0.3) is 0 Å². The minimum atomic E-state index is 0.534. The molecular weight excluding hydrogens is 647 g/mol. The number of hydrogen-bond acceptors (Lipinski definition) is 10. The van der Waals surface area contributed by atoms with E-state index in [4.69, 9.17) is 47.4 Å². The van der Waals surface area contributed by atoms with Gasteiger partial charge in [-0.2, -0.15) is 0 Å². The Morgan fingerprint density at radius 3 is 0.756 bits per heavy atom. The largest absolute Gasteiger partial charge is 0.379 e. The summed E-state index contributed by atoms with van der Waals surface area (Å²) < 4.78 is 55.7. The third kappa shape index (κ3) is 40.3. The van der Waals surface area contributed by atoms with Crippen molar-refractivity contribution in [1.29, 1.82) is 0 Å². The predicted molar refractivity (Wildman–Crippen MR) is 170 cm³/mol. The van der Waals surface area contributed by atoms with Crippen molar-refractivity contribution in [3.8, 4) is 0 Å². The van der Waals surface area contributed by atoms with Crippen molar-refractivity contribution < 1.29 is 47.4 Å². The van der Waals surface area contributed by atoms with Crippen LogP contribution >= 0.6 is 22.6 Å². The van der Waals surface area contributed by atoms with Crippen LogP contribution in [0.4, 0.5) is 0 Å². The van der Waals surface area contributed by atoms with E-state index in [0.717, 1.165) is 24.1 Å². The summed E-state index contributed by atoms with van der Waals surface area (Å²) in [6.07, 6.45) is 10.6. The molecule has 0 saturated carbocycles. The van der Waals surface area contributed by atoms with Crippen LogP contribution in [-0.2, 0) is 47.4 Å². The van der Waals surface area contributed by atoms with Gasteiger partial charge in [0.15, 0.2) is 0 Å². The SMILES string of the molecule is CCCCCCCCCCOCCOCCOCCOCCOCCOCCOCCOCCOCCOCCI. The van der Waals surface area contributed by atoms with Crippen LogP contribution in [0.2, 0.25) is 0 Å². The Labute approximate surface area is 264 Å². The lowest BCUT2D eigenvalue weighted by Crippen LogP contribution is -2.15. The minimum Gasteiger partial charge on any atom is -0.379 e. The van der Waals surface area contributed by atoms with Crippen molar-refractivity contribution in [2.24, 2.45) is 0 Å². The molecule has 0 heterocycles. The number of unbranched alkanes of at least 4 members (excludes halogenated alkanes) is 7. The molecule has 0 rings (SSSR count). The molecule has 0 aliphatic carbocycles. The van der Waals surface area contributed by atoms with E-state index in [2.05, 4.69) is 29.5 Å². The first-order chi connectivity index (χ1) is 20.4. The first-order valence-electron chi connectivity index (χ1n) is 15.7. The van der Waals surface area contributed by atoms with Crippen LogP contribution in [0.3, 0.4) is 0 Å². The van der Waals surface area contributed by atoms with Gasteiger partial charge in [0, 0.05) is 11.0 Å². The Kier molecular flexibility index (Phi) is 40.7. The van der Waals surface area contributed by atoms with Crippen LogP contribution in [0.1, 0.15) is 58.3 Å². The van der Waals surface area contributed by atoms with E-state index in [1.165, 1.54) is 44.9 Å². The van der Waals surface area contributed by atoms with Crippen LogP contribution in [-0.4, -0.2) is 137 Å². The number of halogens is 1. The number of hydrogen-bond donors (Lipinski definition) is 0. The van der Waals surface area contributed by atoms with Gasteiger partial charge < -0.3 is 47.4 Å². The molecular formula is C30H61IO10. The molecule has 0 aromatic rings. The first-order valence-corrected chi connectivity index (χ1v) is 17.3. The summed E-state index contributed by atoms with van der Waals surface area (Å²) >= 11 is 2.28. The van der Waals surface area contributed by atoms with E-state index < -0.39 is 0 Å². The van der Waals surface area contributed by atoms with Crippen molar-refractivity contribution in [2.75, 3.05) is 137 Å². The lowest BCUT2D eigenvalue weighted by atomic mass is 10.1. The summed E-state index contributed by atoms with van der Waals surface area (Å²) in [5, 5.41) is 0. The standard InChI is InChI=1S/C30H61IO10/c1-2-3-4-5-6-7-8-9-11-32-13-15-34-17-19-36-21-23-38-25-27-40-29-30-41-28-26-39-24-22-37-20-18-35-16-14-33-12-10-31/h2-30H2,1H3. The van der Waals surface area contributed by atoms with Gasteiger partial charge in [-0.05, 0) is 6.42 Å². The van der Waals surface area contributed by atoms with Gasteiger partial charge >= 0.3 is 0 Å². The lowest BCUT2D eigenvalue weighted by molar-refractivity contribution is -0.0262. The molecule has 0 bridgehead atoms. The molecule has 0 aliphatic rings. The second-order valence-corrected chi connectivity index (χ2v) is 10.4. The Morgan fingerprint density at radius 2 is 0.488 bits per heavy atom. The zero-order valence-electron chi connectivity index (χ0n) is 26.0. The highest BCUT2D eigenvalue weighted by atomic mass is 127. The predicted octanol–water partition coefficient (Wildman–Crippen LogP) is 4.73. The number of ether oxygens (including phenoxy) is 10. The maximum Gasteiger partial charge on any atom is 0.0701 e. The number of rotatable bonds is 38. The molecule has 11 heteroatoms. The molecule has 0 aliphatic heterocycles.